The van der Waals surface area contributed by atoms with Gasteiger partial charge in [-0.15, -0.1) is 0 Å². The highest BCUT2D eigenvalue weighted by atomic mass is 35.5. The second-order valence-corrected chi connectivity index (χ2v) is 8.56. The van der Waals surface area contributed by atoms with Crippen molar-refractivity contribution in [2.75, 3.05) is 17.3 Å². The second kappa shape index (κ2) is 11.1. The lowest BCUT2D eigenvalue weighted by Gasteiger charge is -2.17. The number of aromatic nitrogens is 3. The summed E-state index contributed by atoms with van der Waals surface area (Å²) in [4.78, 5) is 38.6. The first-order valence-corrected chi connectivity index (χ1v) is 11.4. The summed E-state index contributed by atoms with van der Waals surface area (Å²) in [5, 5.41) is 12.3. The molecule has 0 saturated carbocycles. The highest BCUT2D eigenvalue weighted by molar-refractivity contribution is 6.35. The third-order valence-electron chi connectivity index (χ3n) is 5.21. The molecule has 2 aromatic carbocycles. The number of hydrogen-bond donors (Lipinski definition) is 3. The molecule has 182 valence electrons. The third-order valence-corrected chi connectivity index (χ3v) is 5.85. The van der Waals surface area contributed by atoms with E-state index in [1.165, 1.54) is 17.9 Å². The highest BCUT2D eigenvalue weighted by Gasteiger charge is 2.15. The Kier molecular flexibility index (Phi) is 7.74. The molecule has 0 unspecified atom stereocenters. The second-order valence-electron chi connectivity index (χ2n) is 7.75. The molecule has 2 amide bonds. The largest absolute Gasteiger partial charge is 0.340 e. The van der Waals surface area contributed by atoms with Crippen LogP contribution in [0.25, 0.3) is 11.3 Å². The molecule has 4 aromatic rings. The predicted molar refractivity (Wildman–Crippen MR) is 137 cm³/mol. The average molecular weight is 523 g/mol. The zero-order valence-corrected chi connectivity index (χ0v) is 20.5. The van der Waals surface area contributed by atoms with E-state index in [0.717, 1.165) is 5.56 Å². The molecular formula is C25H20Cl2N6O3. The van der Waals surface area contributed by atoms with Crippen LogP contribution in [-0.4, -0.2) is 39.0 Å². The van der Waals surface area contributed by atoms with Crippen molar-refractivity contribution in [3.05, 3.63) is 99.9 Å². The molecule has 0 saturated heterocycles. The van der Waals surface area contributed by atoms with E-state index in [9.17, 15) is 9.59 Å². The van der Waals surface area contributed by atoms with Gasteiger partial charge in [0.2, 0.25) is 5.95 Å². The number of amides is 2. The molecule has 9 nitrogen and oxygen atoms in total. The monoisotopic (exact) mass is 522 g/mol. The predicted octanol–water partition coefficient (Wildman–Crippen LogP) is 4.85. The number of nitrogens with one attached hydrogen (secondary N) is 2. The summed E-state index contributed by atoms with van der Waals surface area (Å²) in [6.45, 7) is 0.401. The van der Waals surface area contributed by atoms with Gasteiger partial charge in [0.1, 0.15) is 0 Å². The van der Waals surface area contributed by atoms with Crippen LogP contribution < -0.4 is 15.7 Å². The first-order valence-electron chi connectivity index (χ1n) is 10.6. The quantitative estimate of drug-likeness (QED) is 0.234. The maximum atomic E-state index is 12.9. The maximum Gasteiger partial charge on any atom is 0.277 e. The minimum absolute atomic E-state index is 0.126. The van der Waals surface area contributed by atoms with Crippen molar-refractivity contribution in [3.63, 3.8) is 0 Å². The molecule has 0 aliphatic heterocycles. The van der Waals surface area contributed by atoms with E-state index in [4.69, 9.17) is 28.4 Å². The van der Waals surface area contributed by atoms with Gasteiger partial charge in [-0.1, -0.05) is 35.3 Å². The van der Waals surface area contributed by atoms with Gasteiger partial charge in [-0.3, -0.25) is 19.8 Å². The average Bonchev–Trinajstić information content (AvgIpc) is 2.90. The summed E-state index contributed by atoms with van der Waals surface area (Å²) in [6.07, 6.45) is 4.29. The SMILES string of the molecule is CN(Cc1ccc(C(=O)Nc2ccc(Cl)c(-c3ccccn3)c2)c(Cl)c1)c1ncc(C(=O)NO)cn1. The topological polar surface area (TPSA) is 120 Å². The lowest BCUT2D eigenvalue weighted by Crippen LogP contribution is -2.22. The number of benzene rings is 2. The van der Waals surface area contributed by atoms with Gasteiger partial charge in [-0.25, -0.2) is 15.4 Å². The van der Waals surface area contributed by atoms with Gasteiger partial charge in [0, 0.05) is 43.4 Å². The third kappa shape index (κ3) is 5.77. The number of carbonyl (C=O) groups is 2. The van der Waals surface area contributed by atoms with Gasteiger partial charge in [0.05, 0.1) is 26.9 Å². The van der Waals surface area contributed by atoms with E-state index in [2.05, 4.69) is 20.3 Å². The molecule has 0 radical (unpaired) electrons. The van der Waals surface area contributed by atoms with E-state index in [-0.39, 0.29) is 16.5 Å². The zero-order chi connectivity index (χ0) is 25.7. The van der Waals surface area contributed by atoms with Gasteiger partial charge in [0.25, 0.3) is 11.8 Å². The zero-order valence-electron chi connectivity index (χ0n) is 18.9. The summed E-state index contributed by atoms with van der Waals surface area (Å²) in [5.41, 5.74) is 4.74. The lowest BCUT2D eigenvalue weighted by atomic mass is 10.1. The van der Waals surface area contributed by atoms with Crippen molar-refractivity contribution in [2.24, 2.45) is 0 Å². The molecule has 11 heteroatoms. The van der Waals surface area contributed by atoms with Crippen molar-refractivity contribution in [1.82, 2.24) is 20.4 Å². The first-order chi connectivity index (χ1) is 17.4. The number of rotatable bonds is 7. The van der Waals surface area contributed by atoms with Crippen LogP contribution >= 0.6 is 23.2 Å². The molecule has 3 N–H and O–H groups in total. The van der Waals surface area contributed by atoms with E-state index in [1.54, 1.807) is 54.5 Å². The number of pyridine rings is 1. The summed E-state index contributed by atoms with van der Waals surface area (Å²) >= 11 is 12.8. The fourth-order valence-electron chi connectivity index (χ4n) is 3.41. The number of anilines is 2. The van der Waals surface area contributed by atoms with E-state index < -0.39 is 5.91 Å². The number of carbonyl (C=O) groups excluding carboxylic acids is 2. The molecule has 0 bridgehead atoms. The van der Waals surface area contributed by atoms with Crippen LogP contribution in [-0.2, 0) is 6.54 Å². The van der Waals surface area contributed by atoms with Crippen molar-refractivity contribution in [1.29, 1.82) is 0 Å². The summed E-state index contributed by atoms with van der Waals surface area (Å²) in [6, 6.07) is 15.8. The molecule has 0 spiro atoms. The van der Waals surface area contributed by atoms with Gasteiger partial charge < -0.3 is 10.2 Å². The number of halogens is 2. The molecule has 0 fully saturated rings. The smallest absolute Gasteiger partial charge is 0.277 e. The Labute approximate surface area is 216 Å². The van der Waals surface area contributed by atoms with Crippen molar-refractivity contribution < 1.29 is 14.8 Å². The molecule has 2 aromatic heterocycles. The summed E-state index contributed by atoms with van der Waals surface area (Å²) in [7, 11) is 1.77. The van der Waals surface area contributed by atoms with E-state index >= 15 is 0 Å². The summed E-state index contributed by atoms with van der Waals surface area (Å²) < 4.78 is 0. The summed E-state index contributed by atoms with van der Waals surface area (Å²) in [5.74, 6) is -0.694. The molecule has 4 rings (SSSR count). The van der Waals surface area contributed by atoms with Crippen molar-refractivity contribution in [2.45, 2.75) is 6.54 Å². The fourth-order valence-corrected chi connectivity index (χ4v) is 3.91. The lowest BCUT2D eigenvalue weighted by molar-refractivity contribution is 0.0705. The van der Waals surface area contributed by atoms with Crippen LogP contribution in [0, 0.1) is 0 Å². The van der Waals surface area contributed by atoms with Crippen molar-refractivity contribution in [3.8, 4) is 11.3 Å². The Morgan fingerprint density at radius 2 is 1.72 bits per heavy atom. The molecule has 0 aliphatic carbocycles. The molecule has 0 aliphatic rings. The van der Waals surface area contributed by atoms with Gasteiger partial charge >= 0.3 is 0 Å². The van der Waals surface area contributed by atoms with Crippen LogP contribution in [0.15, 0.2) is 73.2 Å². The van der Waals surface area contributed by atoms with Gasteiger partial charge in [-0.05, 0) is 48.0 Å². The molecule has 36 heavy (non-hydrogen) atoms. The Morgan fingerprint density at radius 3 is 2.39 bits per heavy atom. The van der Waals surface area contributed by atoms with Crippen LogP contribution in [0.5, 0.6) is 0 Å². The van der Waals surface area contributed by atoms with Crippen molar-refractivity contribution >= 4 is 46.7 Å². The first kappa shape index (κ1) is 25.1. The van der Waals surface area contributed by atoms with Gasteiger partial charge in [0.15, 0.2) is 0 Å². The Balaban J connectivity index is 1.45. The van der Waals surface area contributed by atoms with Gasteiger partial charge in [-0.2, -0.15) is 0 Å². The Hall–Kier alpha value is -4.05. The fraction of sp³-hybridized carbons (Fsp3) is 0.0800. The Bertz CT molecular complexity index is 1400. The molecule has 2 heterocycles. The van der Waals surface area contributed by atoms with Crippen LogP contribution in [0.2, 0.25) is 10.0 Å². The number of nitrogens with zero attached hydrogens (tertiary/aromatic N) is 4. The number of hydroxylamine groups is 1. The van der Waals surface area contributed by atoms with Crippen LogP contribution in [0.4, 0.5) is 11.6 Å². The van der Waals surface area contributed by atoms with Crippen LogP contribution in [0.3, 0.4) is 0 Å². The standard InChI is InChI=1S/C25H20Cl2N6O3/c1-33(25-29-12-16(13-30-25)23(34)32-36)14-15-5-7-18(21(27)10-15)24(35)31-17-6-8-20(26)19(11-17)22-4-2-3-9-28-22/h2-13,36H,14H2,1H3,(H,31,35)(H,32,34). The Morgan fingerprint density at radius 1 is 0.944 bits per heavy atom. The van der Waals surface area contributed by atoms with E-state index in [0.29, 0.717) is 40.0 Å². The minimum Gasteiger partial charge on any atom is -0.340 e. The van der Waals surface area contributed by atoms with Crippen LogP contribution in [0.1, 0.15) is 26.3 Å². The molecule has 0 atom stereocenters. The molecular weight excluding hydrogens is 503 g/mol. The maximum absolute atomic E-state index is 12.9. The minimum atomic E-state index is -0.698. The number of hydrogen-bond acceptors (Lipinski definition) is 7. The normalized spacial score (nSPS) is 10.6. The highest BCUT2D eigenvalue weighted by Crippen LogP contribution is 2.30. The van der Waals surface area contributed by atoms with E-state index in [1.807, 2.05) is 18.2 Å².